The van der Waals surface area contributed by atoms with Crippen LogP contribution in [0.1, 0.15) is 29.5 Å². The predicted molar refractivity (Wildman–Crippen MR) is 51.4 cm³/mol. The molecular weight excluding hydrogens is 202 g/mol. The first-order chi connectivity index (χ1) is 6.75. The topological polar surface area (TPSA) is 59.4 Å². The third-order valence-electron chi connectivity index (χ3n) is 2.02. The molecule has 76 valence electrons. The summed E-state index contributed by atoms with van der Waals surface area (Å²) in [6.45, 7) is 0.0576. The second kappa shape index (κ2) is 4.06. The molecule has 0 saturated heterocycles. The minimum Gasteiger partial charge on any atom is -0.480 e. The van der Waals surface area contributed by atoms with Crippen LogP contribution in [0.2, 0.25) is 0 Å². The SMILES string of the molecule is O=C(O)COCc1nc(C2CC2)cs1. The van der Waals surface area contributed by atoms with E-state index in [1.54, 1.807) is 11.3 Å². The summed E-state index contributed by atoms with van der Waals surface area (Å²) in [4.78, 5) is 14.5. The predicted octanol–water partition coefficient (Wildman–Crippen LogP) is 1.62. The Kier molecular flexibility index (Phi) is 2.79. The molecule has 1 saturated carbocycles. The maximum atomic E-state index is 10.2. The molecule has 0 unspecified atom stereocenters. The number of carboxylic acids is 1. The molecule has 1 aromatic heterocycles. The first-order valence-electron chi connectivity index (χ1n) is 4.49. The van der Waals surface area contributed by atoms with Crippen LogP contribution in [0, 0.1) is 0 Å². The van der Waals surface area contributed by atoms with Gasteiger partial charge in [-0.25, -0.2) is 9.78 Å². The highest BCUT2D eigenvalue weighted by Gasteiger charge is 2.25. The summed E-state index contributed by atoms with van der Waals surface area (Å²) in [6.07, 6.45) is 2.47. The molecule has 1 aliphatic rings. The van der Waals surface area contributed by atoms with Gasteiger partial charge in [-0.1, -0.05) is 0 Å². The Labute approximate surface area is 85.5 Å². The van der Waals surface area contributed by atoms with Gasteiger partial charge in [-0.3, -0.25) is 0 Å². The number of ether oxygens (including phenoxy) is 1. The molecule has 1 fully saturated rings. The smallest absolute Gasteiger partial charge is 0.329 e. The molecule has 5 heteroatoms. The number of aliphatic carboxylic acids is 1. The van der Waals surface area contributed by atoms with E-state index in [4.69, 9.17) is 9.84 Å². The summed E-state index contributed by atoms with van der Waals surface area (Å²) in [6, 6.07) is 0. The van der Waals surface area contributed by atoms with Gasteiger partial charge in [0, 0.05) is 11.3 Å². The molecule has 1 heterocycles. The van der Waals surface area contributed by atoms with Crippen molar-refractivity contribution in [2.24, 2.45) is 0 Å². The van der Waals surface area contributed by atoms with Crippen LogP contribution in [0.5, 0.6) is 0 Å². The summed E-state index contributed by atoms with van der Waals surface area (Å²) in [5.74, 6) is -0.288. The molecule has 0 amide bonds. The first kappa shape index (κ1) is 9.61. The quantitative estimate of drug-likeness (QED) is 0.807. The maximum Gasteiger partial charge on any atom is 0.329 e. The average molecular weight is 213 g/mol. The summed E-state index contributed by atoms with van der Waals surface area (Å²) in [5, 5.41) is 11.3. The molecule has 0 radical (unpaired) electrons. The highest BCUT2D eigenvalue weighted by atomic mass is 32.1. The first-order valence-corrected chi connectivity index (χ1v) is 5.37. The monoisotopic (exact) mass is 213 g/mol. The van der Waals surface area contributed by atoms with Crippen LogP contribution >= 0.6 is 11.3 Å². The molecule has 0 bridgehead atoms. The van der Waals surface area contributed by atoms with Gasteiger partial charge in [0.15, 0.2) is 0 Å². The zero-order valence-electron chi connectivity index (χ0n) is 7.60. The van der Waals surface area contributed by atoms with Crippen LogP contribution in [-0.2, 0) is 16.1 Å². The highest BCUT2D eigenvalue weighted by Crippen LogP contribution is 2.40. The largest absolute Gasteiger partial charge is 0.480 e. The highest BCUT2D eigenvalue weighted by molar-refractivity contribution is 7.09. The minimum atomic E-state index is -0.941. The second-order valence-corrected chi connectivity index (χ2v) is 4.27. The van der Waals surface area contributed by atoms with Gasteiger partial charge in [-0.15, -0.1) is 11.3 Å². The Hall–Kier alpha value is -0.940. The fraction of sp³-hybridized carbons (Fsp3) is 0.556. The van der Waals surface area contributed by atoms with E-state index in [1.165, 1.54) is 12.8 Å². The standard InChI is InChI=1S/C9H11NO3S/c11-9(12)4-13-3-8-10-7(5-14-8)6-1-2-6/h5-6H,1-4H2,(H,11,12). The fourth-order valence-corrected chi connectivity index (χ4v) is 2.00. The molecule has 2 rings (SSSR count). The minimum absolute atomic E-state index is 0.252. The molecule has 1 N–H and O–H groups in total. The van der Waals surface area contributed by atoms with E-state index in [0.717, 1.165) is 10.7 Å². The molecule has 0 spiro atoms. The van der Waals surface area contributed by atoms with E-state index in [0.29, 0.717) is 12.5 Å². The van der Waals surface area contributed by atoms with Crippen LogP contribution in [0.25, 0.3) is 0 Å². The van der Waals surface area contributed by atoms with Crippen molar-refractivity contribution in [3.8, 4) is 0 Å². The molecule has 0 aromatic carbocycles. The van der Waals surface area contributed by atoms with E-state index in [9.17, 15) is 4.79 Å². The molecule has 0 atom stereocenters. The number of hydrogen-bond acceptors (Lipinski definition) is 4. The van der Waals surface area contributed by atoms with Gasteiger partial charge in [0.25, 0.3) is 0 Å². The molecular formula is C9H11NO3S. The number of nitrogens with zero attached hydrogens (tertiary/aromatic N) is 1. The van der Waals surface area contributed by atoms with Crippen molar-refractivity contribution >= 4 is 17.3 Å². The van der Waals surface area contributed by atoms with Crippen LogP contribution < -0.4 is 0 Å². The normalized spacial score (nSPS) is 15.7. The second-order valence-electron chi connectivity index (χ2n) is 3.33. The van der Waals surface area contributed by atoms with E-state index < -0.39 is 5.97 Å². The summed E-state index contributed by atoms with van der Waals surface area (Å²) >= 11 is 1.54. The lowest BCUT2D eigenvalue weighted by atomic mass is 10.3. The number of carbonyl (C=O) groups is 1. The Morgan fingerprint density at radius 3 is 3.14 bits per heavy atom. The van der Waals surface area contributed by atoms with E-state index >= 15 is 0 Å². The zero-order valence-corrected chi connectivity index (χ0v) is 8.42. The van der Waals surface area contributed by atoms with Crippen molar-refractivity contribution in [2.75, 3.05) is 6.61 Å². The van der Waals surface area contributed by atoms with Gasteiger partial charge in [0.05, 0.1) is 12.3 Å². The lowest BCUT2D eigenvalue weighted by molar-refractivity contribution is -0.142. The van der Waals surface area contributed by atoms with Crippen LogP contribution in [0.3, 0.4) is 0 Å². The van der Waals surface area contributed by atoms with Crippen molar-refractivity contribution < 1.29 is 14.6 Å². The lowest BCUT2D eigenvalue weighted by Crippen LogP contribution is -2.06. The van der Waals surface area contributed by atoms with Crippen LogP contribution in [0.15, 0.2) is 5.38 Å². The summed E-state index contributed by atoms with van der Waals surface area (Å²) < 4.78 is 4.94. The Morgan fingerprint density at radius 2 is 2.50 bits per heavy atom. The van der Waals surface area contributed by atoms with Gasteiger partial charge >= 0.3 is 5.97 Å². The van der Waals surface area contributed by atoms with Gasteiger partial charge in [-0.05, 0) is 12.8 Å². The number of carboxylic acid groups (broad SMARTS) is 1. The van der Waals surface area contributed by atoms with E-state index in [-0.39, 0.29) is 6.61 Å². The zero-order chi connectivity index (χ0) is 9.97. The van der Waals surface area contributed by atoms with E-state index in [1.807, 2.05) is 5.38 Å². The van der Waals surface area contributed by atoms with Crippen molar-refractivity contribution in [1.29, 1.82) is 0 Å². The van der Waals surface area contributed by atoms with Crippen molar-refractivity contribution in [3.63, 3.8) is 0 Å². The number of rotatable bonds is 5. The van der Waals surface area contributed by atoms with E-state index in [2.05, 4.69) is 4.98 Å². The molecule has 1 aliphatic carbocycles. The van der Waals surface area contributed by atoms with Crippen molar-refractivity contribution in [1.82, 2.24) is 4.98 Å². The average Bonchev–Trinajstić information content (AvgIpc) is 2.87. The Bertz CT molecular complexity index is 333. The van der Waals surface area contributed by atoms with Gasteiger partial charge in [0.2, 0.25) is 0 Å². The third-order valence-corrected chi connectivity index (χ3v) is 2.86. The number of thiazole rings is 1. The lowest BCUT2D eigenvalue weighted by Gasteiger charge is -1.96. The fourth-order valence-electron chi connectivity index (χ4n) is 1.18. The maximum absolute atomic E-state index is 10.2. The molecule has 1 aromatic rings. The van der Waals surface area contributed by atoms with Crippen molar-refractivity contribution in [3.05, 3.63) is 16.1 Å². The Morgan fingerprint density at radius 1 is 1.71 bits per heavy atom. The van der Waals surface area contributed by atoms with Crippen LogP contribution in [-0.4, -0.2) is 22.7 Å². The summed E-state index contributed by atoms with van der Waals surface area (Å²) in [5.41, 5.74) is 1.14. The van der Waals surface area contributed by atoms with Crippen LogP contribution in [0.4, 0.5) is 0 Å². The van der Waals surface area contributed by atoms with Gasteiger partial charge in [-0.2, -0.15) is 0 Å². The molecule has 0 aliphatic heterocycles. The number of hydrogen-bond donors (Lipinski definition) is 1. The van der Waals surface area contributed by atoms with Gasteiger partial charge < -0.3 is 9.84 Å². The molecule has 4 nitrogen and oxygen atoms in total. The molecule has 14 heavy (non-hydrogen) atoms. The number of aromatic nitrogens is 1. The summed E-state index contributed by atoms with van der Waals surface area (Å²) in [7, 11) is 0. The Balaban J connectivity index is 1.80. The van der Waals surface area contributed by atoms with Crippen molar-refractivity contribution in [2.45, 2.75) is 25.4 Å². The van der Waals surface area contributed by atoms with Gasteiger partial charge in [0.1, 0.15) is 11.6 Å². The third kappa shape index (κ3) is 2.52.